The van der Waals surface area contributed by atoms with E-state index in [1.807, 2.05) is 0 Å². The third-order valence-corrected chi connectivity index (χ3v) is 4.13. The Bertz CT molecular complexity index is 249. The molecule has 0 radical (unpaired) electrons. The maximum atomic E-state index is 10.1. The van der Waals surface area contributed by atoms with Gasteiger partial charge in [0.1, 0.15) is 0 Å². The van der Waals surface area contributed by atoms with E-state index < -0.39 is 6.10 Å². The van der Waals surface area contributed by atoms with Crippen LogP contribution >= 0.6 is 11.6 Å². The number of aliphatic hydroxyl groups is 1. The molecule has 18 heavy (non-hydrogen) atoms. The van der Waals surface area contributed by atoms with Crippen molar-refractivity contribution in [3.05, 3.63) is 0 Å². The average molecular weight is 279 g/mol. The van der Waals surface area contributed by atoms with Crippen molar-refractivity contribution >= 4 is 11.6 Å². The van der Waals surface area contributed by atoms with Crippen molar-refractivity contribution in [2.24, 2.45) is 5.41 Å². The summed E-state index contributed by atoms with van der Waals surface area (Å²) in [5, 5.41) is 10.1. The second-order valence-electron chi connectivity index (χ2n) is 6.87. The molecule has 110 valence electrons. The van der Waals surface area contributed by atoms with Crippen LogP contribution in [0.1, 0.15) is 67.7 Å². The van der Waals surface area contributed by atoms with Crippen LogP contribution in [0.15, 0.2) is 0 Å². The van der Waals surface area contributed by atoms with Crippen LogP contribution in [0, 0.1) is 5.41 Å². The highest BCUT2D eigenvalue weighted by Crippen LogP contribution is 2.40. The lowest BCUT2D eigenvalue weighted by Crippen LogP contribution is -2.45. The van der Waals surface area contributed by atoms with Crippen LogP contribution in [0.4, 0.5) is 0 Å². The monoisotopic (exact) mass is 278 g/mol. The second-order valence-corrected chi connectivity index (χ2v) is 7.18. The minimum absolute atomic E-state index is 0.175. The number of rotatable bonds is 7. The van der Waals surface area contributed by atoms with Gasteiger partial charge in [-0.2, -0.15) is 0 Å². The summed E-state index contributed by atoms with van der Waals surface area (Å²) < 4.78 is 6.21. The summed E-state index contributed by atoms with van der Waals surface area (Å²) in [6.45, 7) is 14.7. The fourth-order valence-electron chi connectivity index (χ4n) is 2.49. The zero-order valence-corrected chi connectivity index (χ0v) is 13.9. The highest BCUT2D eigenvalue weighted by Gasteiger charge is 2.40. The Morgan fingerprint density at radius 3 is 1.83 bits per heavy atom. The van der Waals surface area contributed by atoms with E-state index in [-0.39, 0.29) is 22.5 Å². The van der Waals surface area contributed by atoms with Crippen molar-refractivity contribution < 1.29 is 9.84 Å². The summed E-state index contributed by atoms with van der Waals surface area (Å²) in [5.74, 6) is 0.277. The molecule has 3 heteroatoms. The molecule has 0 aliphatic carbocycles. The Hall–Kier alpha value is 0.210. The van der Waals surface area contributed by atoms with Crippen molar-refractivity contribution in [3.8, 4) is 0 Å². The second kappa shape index (κ2) is 6.58. The van der Waals surface area contributed by atoms with Crippen molar-refractivity contribution in [3.63, 3.8) is 0 Å². The fourth-order valence-corrected chi connectivity index (χ4v) is 2.86. The number of hydrogen-bond donors (Lipinski definition) is 1. The van der Waals surface area contributed by atoms with Gasteiger partial charge in [-0.3, -0.25) is 0 Å². The van der Waals surface area contributed by atoms with Crippen LogP contribution in [-0.4, -0.2) is 28.3 Å². The normalized spacial score (nSPS) is 21.2. The fraction of sp³-hybridized carbons (Fsp3) is 1.00. The van der Waals surface area contributed by atoms with Crippen LogP contribution in [0.5, 0.6) is 0 Å². The maximum absolute atomic E-state index is 10.1. The average Bonchev–Trinajstić information content (AvgIpc) is 2.25. The maximum Gasteiger partial charge on any atom is 0.0729 e. The summed E-state index contributed by atoms with van der Waals surface area (Å²) >= 11 is 5.83. The SMILES string of the molecule is CCC(C)(CC(C)(CC)[C@H](O)CCl)OC(C)(C)C. The first-order chi connectivity index (χ1) is 8.02. The lowest BCUT2D eigenvalue weighted by Gasteiger charge is -2.44. The molecule has 0 saturated heterocycles. The summed E-state index contributed by atoms with van der Waals surface area (Å²) in [6.07, 6.45) is 2.15. The zero-order chi connectivity index (χ0) is 14.6. The van der Waals surface area contributed by atoms with Gasteiger partial charge < -0.3 is 9.84 Å². The summed E-state index contributed by atoms with van der Waals surface area (Å²) in [7, 11) is 0. The van der Waals surface area contributed by atoms with Gasteiger partial charge in [0.2, 0.25) is 0 Å². The Morgan fingerprint density at radius 1 is 1.06 bits per heavy atom. The van der Waals surface area contributed by atoms with Gasteiger partial charge in [-0.25, -0.2) is 0 Å². The van der Waals surface area contributed by atoms with Crippen LogP contribution in [-0.2, 0) is 4.74 Å². The van der Waals surface area contributed by atoms with E-state index in [4.69, 9.17) is 16.3 Å². The highest BCUT2D eigenvalue weighted by atomic mass is 35.5. The van der Waals surface area contributed by atoms with Crippen molar-refractivity contribution in [1.29, 1.82) is 0 Å². The molecular formula is C15H31ClO2. The number of ether oxygens (including phenoxy) is 1. The number of alkyl halides is 1. The molecule has 3 atom stereocenters. The number of halogens is 1. The van der Waals surface area contributed by atoms with Crippen LogP contribution < -0.4 is 0 Å². The van der Waals surface area contributed by atoms with Gasteiger partial charge >= 0.3 is 0 Å². The largest absolute Gasteiger partial charge is 0.391 e. The van der Waals surface area contributed by atoms with Gasteiger partial charge in [0.15, 0.2) is 0 Å². The summed E-state index contributed by atoms with van der Waals surface area (Å²) in [5.41, 5.74) is -0.598. The molecule has 2 nitrogen and oxygen atoms in total. The quantitative estimate of drug-likeness (QED) is 0.701. The molecule has 0 bridgehead atoms. The highest BCUT2D eigenvalue weighted by molar-refractivity contribution is 6.18. The Morgan fingerprint density at radius 2 is 1.56 bits per heavy atom. The molecule has 0 heterocycles. The van der Waals surface area contributed by atoms with Crippen LogP contribution in [0.25, 0.3) is 0 Å². The predicted octanol–water partition coefficient (Wildman–Crippen LogP) is 4.38. The first-order valence-electron chi connectivity index (χ1n) is 6.96. The molecule has 0 amide bonds. The van der Waals surface area contributed by atoms with Crippen molar-refractivity contribution in [2.75, 3.05) is 5.88 Å². The van der Waals surface area contributed by atoms with Gasteiger partial charge in [-0.1, -0.05) is 20.8 Å². The van der Waals surface area contributed by atoms with Crippen LogP contribution in [0.3, 0.4) is 0 Å². The lowest BCUT2D eigenvalue weighted by molar-refractivity contribution is -0.151. The Labute approximate surface area is 118 Å². The van der Waals surface area contributed by atoms with E-state index in [0.717, 1.165) is 19.3 Å². The molecule has 0 aromatic carbocycles. The van der Waals surface area contributed by atoms with E-state index in [0.29, 0.717) is 0 Å². The molecule has 0 fully saturated rings. The standard InChI is InChI=1S/C15H31ClO2/c1-8-14(6,12(17)10-16)11-15(7,9-2)18-13(3,4)5/h12,17H,8-11H2,1-7H3/t12-,14?,15?/m1/s1. The van der Waals surface area contributed by atoms with E-state index in [9.17, 15) is 5.11 Å². The molecule has 0 spiro atoms. The molecule has 0 aromatic rings. The predicted molar refractivity (Wildman–Crippen MR) is 79.3 cm³/mol. The smallest absolute Gasteiger partial charge is 0.0729 e. The minimum atomic E-state index is -0.487. The topological polar surface area (TPSA) is 29.5 Å². The molecule has 0 saturated carbocycles. The van der Waals surface area contributed by atoms with Crippen molar-refractivity contribution in [1.82, 2.24) is 0 Å². The Balaban J connectivity index is 4.98. The van der Waals surface area contributed by atoms with E-state index in [1.165, 1.54) is 0 Å². The number of aliphatic hydroxyl groups excluding tert-OH is 1. The summed E-state index contributed by atoms with van der Waals surface area (Å²) in [6, 6.07) is 0. The van der Waals surface area contributed by atoms with Gasteiger partial charge in [0.05, 0.1) is 17.3 Å². The van der Waals surface area contributed by atoms with E-state index >= 15 is 0 Å². The third kappa shape index (κ3) is 5.46. The molecule has 0 aliphatic rings. The molecule has 2 unspecified atom stereocenters. The minimum Gasteiger partial charge on any atom is -0.391 e. The van der Waals surface area contributed by atoms with Gasteiger partial charge in [0, 0.05) is 5.88 Å². The zero-order valence-electron chi connectivity index (χ0n) is 13.1. The van der Waals surface area contributed by atoms with E-state index in [2.05, 4.69) is 48.5 Å². The summed E-state index contributed by atoms with van der Waals surface area (Å²) in [4.78, 5) is 0. The number of hydrogen-bond acceptors (Lipinski definition) is 2. The molecule has 0 aliphatic heterocycles. The van der Waals surface area contributed by atoms with Gasteiger partial charge in [0.25, 0.3) is 0 Å². The first-order valence-corrected chi connectivity index (χ1v) is 7.49. The third-order valence-electron chi connectivity index (χ3n) is 3.84. The van der Waals surface area contributed by atoms with Gasteiger partial charge in [-0.05, 0) is 52.4 Å². The molecular weight excluding hydrogens is 248 g/mol. The molecule has 1 N–H and O–H groups in total. The van der Waals surface area contributed by atoms with Crippen LogP contribution in [0.2, 0.25) is 0 Å². The molecule has 0 aromatic heterocycles. The molecule has 0 rings (SSSR count). The Kier molecular flexibility index (Phi) is 6.66. The lowest BCUT2D eigenvalue weighted by atomic mass is 9.72. The van der Waals surface area contributed by atoms with Gasteiger partial charge in [-0.15, -0.1) is 11.6 Å². The van der Waals surface area contributed by atoms with Crippen molar-refractivity contribution in [2.45, 2.75) is 85.0 Å². The van der Waals surface area contributed by atoms with E-state index in [1.54, 1.807) is 0 Å². The first kappa shape index (κ1) is 18.2.